The average Bonchev–Trinajstić information content (AvgIpc) is 3.09. The summed E-state index contributed by atoms with van der Waals surface area (Å²) in [4.78, 5) is 22.3. The minimum Gasteiger partial charge on any atom is -0.455 e. The Morgan fingerprint density at radius 1 is 1.12 bits per heavy atom. The summed E-state index contributed by atoms with van der Waals surface area (Å²) in [5, 5.41) is 14.8. The van der Waals surface area contributed by atoms with E-state index in [1.807, 2.05) is 30.3 Å². The van der Waals surface area contributed by atoms with Gasteiger partial charge in [-0.05, 0) is 6.07 Å². The Balaban J connectivity index is 1.70. The first kappa shape index (κ1) is 15.4. The Morgan fingerprint density at radius 3 is 2.58 bits per heavy atom. The molecule has 0 saturated carbocycles. The molecule has 0 aliphatic heterocycles. The molecule has 0 saturated heterocycles. The van der Waals surface area contributed by atoms with E-state index < -0.39 is 10.9 Å². The highest BCUT2D eigenvalue weighted by Gasteiger charge is 2.21. The second-order valence-electron chi connectivity index (χ2n) is 4.90. The SMILES string of the molecule is O=C(OCc1cc(-c2ccccc2)on1)c1ccccc1[N+](=O)[O-]. The number of carbonyl (C=O) groups is 1. The van der Waals surface area contributed by atoms with E-state index in [0.717, 1.165) is 5.56 Å². The third-order valence-corrected chi connectivity index (χ3v) is 3.29. The molecular weight excluding hydrogens is 312 g/mol. The molecule has 2 aromatic carbocycles. The van der Waals surface area contributed by atoms with Crippen LogP contribution < -0.4 is 0 Å². The maximum atomic E-state index is 12.0. The van der Waals surface area contributed by atoms with Gasteiger partial charge in [-0.1, -0.05) is 47.6 Å². The molecule has 0 atom stereocenters. The van der Waals surface area contributed by atoms with Crippen LogP contribution in [-0.4, -0.2) is 16.0 Å². The van der Waals surface area contributed by atoms with Gasteiger partial charge in [0.2, 0.25) is 0 Å². The van der Waals surface area contributed by atoms with Crippen molar-refractivity contribution in [1.82, 2.24) is 5.16 Å². The lowest BCUT2D eigenvalue weighted by atomic mass is 10.1. The van der Waals surface area contributed by atoms with Gasteiger partial charge in [-0.3, -0.25) is 10.1 Å². The number of nitrogens with zero attached hydrogens (tertiary/aromatic N) is 2. The number of hydrogen-bond acceptors (Lipinski definition) is 6. The summed E-state index contributed by atoms with van der Waals surface area (Å²) in [7, 11) is 0. The van der Waals surface area contributed by atoms with Gasteiger partial charge in [0.15, 0.2) is 5.76 Å². The van der Waals surface area contributed by atoms with Crippen molar-refractivity contribution in [1.29, 1.82) is 0 Å². The monoisotopic (exact) mass is 324 g/mol. The lowest BCUT2D eigenvalue weighted by molar-refractivity contribution is -0.385. The normalized spacial score (nSPS) is 10.3. The van der Waals surface area contributed by atoms with Crippen LogP contribution in [0.25, 0.3) is 11.3 Å². The van der Waals surface area contributed by atoms with Crippen LogP contribution in [0, 0.1) is 10.1 Å². The van der Waals surface area contributed by atoms with Crippen LogP contribution in [0.3, 0.4) is 0 Å². The van der Waals surface area contributed by atoms with Gasteiger partial charge in [0, 0.05) is 17.7 Å². The molecule has 24 heavy (non-hydrogen) atoms. The topological polar surface area (TPSA) is 95.5 Å². The zero-order chi connectivity index (χ0) is 16.9. The van der Waals surface area contributed by atoms with E-state index in [9.17, 15) is 14.9 Å². The molecular formula is C17H12N2O5. The predicted molar refractivity (Wildman–Crippen MR) is 84.2 cm³/mol. The standard InChI is InChI=1S/C17H12N2O5/c20-17(14-8-4-5-9-15(14)19(21)22)23-11-13-10-16(24-18-13)12-6-2-1-3-7-12/h1-10H,11H2. The number of nitro benzene ring substituents is 1. The fourth-order valence-corrected chi connectivity index (χ4v) is 2.14. The van der Waals surface area contributed by atoms with Crippen molar-refractivity contribution in [3.8, 4) is 11.3 Å². The third kappa shape index (κ3) is 3.30. The van der Waals surface area contributed by atoms with Gasteiger partial charge < -0.3 is 9.26 Å². The Hall–Kier alpha value is -3.48. The van der Waals surface area contributed by atoms with Crippen LogP contribution in [0.5, 0.6) is 0 Å². The maximum absolute atomic E-state index is 12.0. The van der Waals surface area contributed by atoms with E-state index in [4.69, 9.17) is 9.26 Å². The average molecular weight is 324 g/mol. The molecule has 0 aliphatic rings. The van der Waals surface area contributed by atoms with Gasteiger partial charge in [0.05, 0.1) is 4.92 Å². The predicted octanol–water partition coefficient (Wildman–Crippen LogP) is 3.61. The molecule has 0 fully saturated rings. The number of aromatic nitrogens is 1. The van der Waals surface area contributed by atoms with Crippen LogP contribution in [0.4, 0.5) is 5.69 Å². The smallest absolute Gasteiger partial charge is 0.345 e. The van der Waals surface area contributed by atoms with E-state index >= 15 is 0 Å². The summed E-state index contributed by atoms with van der Waals surface area (Å²) in [5.74, 6) is -0.237. The van der Waals surface area contributed by atoms with Gasteiger partial charge in [-0.25, -0.2) is 4.79 Å². The van der Waals surface area contributed by atoms with Gasteiger partial charge in [-0.2, -0.15) is 0 Å². The minimum absolute atomic E-state index is 0.103. The van der Waals surface area contributed by atoms with Gasteiger partial charge in [0.25, 0.3) is 5.69 Å². The largest absolute Gasteiger partial charge is 0.455 e. The lowest BCUT2D eigenvalue weighted by Gasteiger charge is -2.03. The van der Waals surface area contributed by atoms with Crippen molar-refractivity contribution in [2.24, 2.45) is 0 Å². The highest BCUT2D eigenvalue weighted by molar-refractivity contribution is 5.93. The van der Waals surface area contributed by atoms with Gasteiger partial charge in [0.1, 0.15) is 17.9 Å². The van der Waals surface area contributed by atoms with Crippen molar-refractivity contribution in [2.45, 2.75) is 6.61 Å². The number of benzene rings is 2. The molecule has 0 aliphatic carbocycles. The van der Waals surface area contributed by atoms with Crippen LogP contribution in [0.1, 0.15) is 16.1 Å². The van der Waals surface area contributed by atoms with Crippen molar-refractivity contribution in [3.05, 3.63) is 82.0 Å². The molecule has 0 unspecified atom stereocenters. The first-order valence-corrected chi connectivity index (χ1v) is 7.06. The van der Waals surface area contributed by atoms with E-state index in [2.05, 4.69) is 5.16 Å². The third-order valence-electron chi connectivity index (χ3n) is 3.29. The number of para-hydroxylation sites is 1. The second kappa shape index (κ2) is 6.74. The molecule has 7 nitrogen and oxygen atoms in total. The molecule has 7 heteroatoms. The zero-order valence-corrected chi connectivity index (χ0v) is 12.4. The summed E-state index contributed by atoms with van der Waals surface area (Å²) in [6.45, 7) is -0.138. The molecule has 0 spiro atoms. The number of nitro groups is 1. The van der Waals surface area contributed by atoms with Crippen LogP contribution in [0.15, 0.2) is 65.2 Å². The summed E-state index contributed by atoms with van der Waals surface area (Å²) in [6, 6.07) is 16.6. The second-order valence-corrected chi connectivity index (χ2v) is 4.90. The molecule has 120 valence electrons. The lowest BCUT2D eigenvalue weighted by Crippen LogP contribution is -2.08. The molecule has 1 aromatic heterocycles. The van der Waals surface area contributed by atoms with E-state index in [1.54, 1.807) is 6.07 Å². The number of rotatable bonds is 5. The van der Waals surface area contributed by atoms with E-state index in [-0.39, 0.29) is 17.9 Å². The molecule has 1 heterocycles. The highest BCUT2D eigenvalue weighted by atomic mass is 16.6. The summed E-state index contributed by atoms with van der Waals surface area (Å²) in [6.07, 6.45) is 0. The summed E-state index contributed by atoms with van der Waals surface area (Å²) >= 11 is 0. The zero-order valence-electron chi connectivity index (χ0n) is 12.4. The van der Waals surface area contributed by atoms with Crippen molar-refractivity contribution >= 4 is 11.7 Å². The fraction of sp³-hybridized carbons (Fsp3) is 0.0588. The minimum atomic E-state index is -0.786. The van der Waals surface area contributed by atoms with Crippen molar-refractivity contribution < 1.29 is 19.0 Å². The van der Waals surface area contributed by atoms with Crippen LogP contribution in [0.2, 0.25) is 0 Å². The molecule has 0 amide bonds. The van der Waals surface area contributed by atoms with E-state index in [0.29, 0.717) is 11.5 Å². The molecule has 3 rings (SSSR count). The van der Waals surface area contributed by atoms with E-state index in [1.165, 1.54) is 24.3 Å². The molecule has 0 radical (unpaired) electrons. The Morgan fingerprint density at radius 2 is 1.83 bits per heavy atom. The molecule has 3 aromatic rings. The number of carbonyl (C=O) groups excluding carboxylic acids is 1. The Bertz CT molecular complexity index is 873. The first-order chi connectivity index (χ1) is 11.6. The van der Waals surface area contributed by atoms with Crippen molar-refractivity contribution in [3.63, 3.8) is 0 Å². The summed E-state index contributed by atoms with van der Waals surface area (Å²) < 4.78 is 10.3. The fourth-order valence-electron chi connectivity index (χ4n) is 2.14. The van der Waals surface area contributed by atoms with Crippen molar-refractivity contribution in [2.75, 3.05) is 0 Å². The quantitative estimate of drug-likeness (QED) is 0.404. The Labute approximate surface area is 136 Å². The van der Waals surface area contributed by atoms with Crippen LogP contribution >= 0.6 is 0 Å². The number of hydrogen-bond donors (Lipinski definition) is 0. The number of esters is 1. The maximum Gasteiger partial charge on any atom is 0.345 e. The van der Waals surface area contributed by atoms with Gasteiger partial charge >= 0.3 is 5.97 Å². The highest BCUT2D eigenvalue weighted by Crippen LogP contribution is 2.21. The molecule has 0 N–H and O–H groups in total. The van der Waals surface area contributed by atoms with Gasteiger partial charge in [-0.15, -0.1) is 0 Å². The number of ether oxygens (including phenoxy) is 1. The molecule has 0 bridgehead atoms. The Kier molecular flexibility index (Phi) is 4.33. The first-order valence-electron chi connectivity index (χ1n) is 7.06. The summed E-state index contributed by atoms with van der Waals surface area (Å²) in [5.41, 5.74) is 0.865. The van der Waals surface area contributed by atoms with Crippen LogP contribution in [-0.2, 0) is 11.3 Å².